The molecule has 0 spiro atoms. The summed E-state index contributed by atoms with van der Waals surface area (Å²) in [6.45, 7) is 8.61. The van der Waals surface area contributed by atoms with E-state index in [1.807, 2.05) is 27.7 Å². The van der Waals surface area contributed by atoms with Gasteiger partial charge in [0, 0.05) is 13.0 Å². The maximum Gasteiger partial charge on any atom is 0.180 e. The summed E-state index contributed by atoms with van der Waals surface area (Å²) >= 11 is 0. The van der Waals surface area contributed by atoms with Crippen molar-refractivity contribution in [2.24, 2.45) is 4.99 Å². The van der Waals surface area contributed by atoms with Crippen LogP contribution in [0.3, 0.4) is 0 Å². The van der Waals surface area contributed by atoms with Crippen molar-refractivity contribution in [2.75, 3.05) is 6.61 Å². The molecule has 54 valence electrons. The Bertz CT molecular complexity index is 97.1. The predicted octanol–water partition coefficient (Wildman–Crippen LogP) is 1.85. The zero-order valence-electron chi connectivity index (χ0n) is 6.64. The minimum atomic E-state index is 0.344. The Balaban J connectivity index is 3.55. The van der Waals surface area contributed by atoms with E-state index in [2.05, 4.69) is 4.99 Å². The third-order valence-corrected chi connectivity index (χ3v) is 0.793. The molecule has 0 aromatic heterocycles. The SMILES string of the molecule is CCOC(C)=NC(C)C. The second-order valence-corrected chi connectivity index (χ2v) is 2.17. The fourth-order valence-corrected chi connectivity index (χ4v) is 0.610. The molecule has 0 heterocycles. The van der Waals surface area contributed by atoms with E-state index in [0.717, 1.165) is 5.90 Å². The summed E-state index contributed by atoms with van der Waals surface area (Å²) in [6, 6.07) is 0.344. The molecule has 0 aliphatic rings. The number of aliphatic imine (C=N–C) groups is 1. The van der Waals surface area contributed by atoms with E-state index < -0.39 is 0 Å². The maximum absolute atomic E-state index is 5.10. The van der Waals surface area contributed by atoms with Crippen molar-refractivity contribution < 1.29 is 4.74 Å². The van der Waals surface area contributed by atoms with Crippen molar-refractivity contribution in [2.45, 2.75) is 33.7 Å². The molecule has 0 saturated carbocycles. The number of nitrogens with zero attached hydrogens (tertiary/aromatic N) is 1. The average molecular weight is 129 g/mol. The van der Waals surface area contributed by atoms with Crippen LogP contribution in [0.25, 0.3) is 0 Å². The number of ether oxygens (including phenoxy) is 1. The van der Waals surface area contributed by atoms with Crippen LogP contribution >= 0.6 is 0 Å². The summed E-state index contributed by atoms with van der Waals surface area (Å²) in [5.74, 6) is 0.785. The van der Waals surface area contributed by atoms with Crippen LogP contribution < -0.4 is 0 Å². The van der Waals surface area contributed by atoms with Crippen molar-refractivity contribution in [3.05, 3.63) is 0 Å². The molecule has 0 atom stereocenters. The molecule has 0 aliphatic heterocycles. The highest BCUT2D eigenvalue weighted by Crippen LogP contribution is 1.88. The number of hydrogen-bond acceptors (Lipinski definition) is 2. The van der Waals surface area contributed by atoms with Crippen molar-refractivity contribution in [1.82, 2.24) is 0 Å². The third-order valence-electron chi connectivity index (χ3n) is 0.793. The molecule has 0 aromatic rings. The lowest BCUT2D eigenvalue weighted by Crippen LogP contribution is -2.02. The van der Waals surface area contributed by atoms with E-state index in [1.54, 1.807) is 0 Å². The molecular weight excluding hydrogens is 114 g/mol. The van der Waals surface area contributed by atoms with Gasteiger partial charge in [0.1, 0.15) is 0 Å². The van der Waals surface area contributed by atoms with Crippen LogP contribution in [0.15, 0.2) is 4.99 Å². The molecule has 0 rings (SSSR count). The molecule has 2 nitrogen and oxygen atoms in total. The standard InChI is InChI=1S/C7H15NO/c1-5-9-7(4)8-6(2)3/h6H,5H2,1-4H3. The Hall–Kier alpha value is -0.530. The normalized spacial score (nSPS) is 12.3. The van der Waals surface area contributed by atoms with E-state index in [4.69, 9.17) is 4.74 Å². The number of hydrogen-bond donors (Lipinski definition) is 0. The van der Waals surface area contributed by atoms with Gasteiger partial charge in [-0.2, -0.15) is 0 Å². The van der Waals surface area contributed by atoms with Gasteiger partial charge in [-0.25, -0.2) is 0 Å². The highest BCUT2D eigenvalue weighted by Gasteiger charge is 1.90. The molecule has 0 amide bonds. The van der Waals surface area contributed by atoms with E-state index in [0.29, 0.717) is 12.6 Å². The molecule has 0 saturated heterocycles. The van der Waals surface area contributed by atoms with Gasteiger partial charge in [-0.05, 0) is 20.8 Å². The van der Waals surface area contributed by atoms with Crippen LogP contribution in [0.4, 0.5) is 0 Å². The molecular formula is C7H15NO. The van der Waals surface area contributed by atoms with Crippen LogP contribution in [-0.2, 0) is 4.74 Å². The Kier molecular flexibility index (Phi) is 4.10. The van der Waals surface area contributed by atoms with E-state index in [9.17, 15) is 0 Å². The highest BCUT2D eigenvalue weighted by molar-refractivity contribution is 5.73. The van der Waals surface area contributed by atoms with Gasteiger partial charge in [0.2, 0.25) is 0 Å². The zero-order valence-corrected chi connectivity index (χ0v) is 6.64. The first-order chi connectivity index (χ1) is 4.16. The molecule has 0 fully saturated rings. The summed E-state index contributed by atoms with van der Waals surface area (Å²) in [4.78, 5) is 4.16. The van der Waals surface area contributed by atoms with Gasteiger partial charge >= 0.3 is 0 Å². The van der Waals surface area contributed by atoms with Gasteiger partial charge in [0.05, 0.1) is 6.61 Å². The second kappa shape index (κ2) is 4.36. The van der Waals surface area contributed by atoms with E-state index in [1.165, 1.54) is 0 Å². The Morgan fingerprint density at radius 3 is 2.44 bits per heavy atom. The molecule has 2 heteroatoms. The van der Waals surface area contributed by atoms with Crippen molar-refractivity contribution in [3.63, 3.8) is 0 Å². The van der Waals surface area contributed by atoms with Crippen LogP contribution in [0.2, 0.25) is 0 Å². The van der Waals surface area contributed by atoms with Crippen molar-refractivity contribution >= 4 is 5.90 Å². The smallest absolute Gasteiger partial charge is 0.180 e. The first-order valence-corrected chi connectivity index (χ1v) is 3.34. The first-order valence-electron chi connectivity index (χ1n) is 3.34. The molecule has 0 unspecified atom stereocenters. The Morgan fingerprint density at radius 1 is 1.56 bits per heavy atom. The molecule has 9 heavy (non-hydrogen) atoms. The lowest BCUT2D eigenvalue weighted by Gasteiger charge is -2.02. The van der Waals surface area contributed by atoms with Crippen LogP contribution in [0.5, 0.6) is 0 Å². The summed E-state index contributed by atoms with van der Waals surface area (Å²) < 4.78 is 5.10. The summed E-state index contributed by atoms with van der Waals surface area (Å²) in [6.07, 6.45) is 0. The molecule has 0 radical (unpaired) electrons. The molecule has 0 N–H and O–H groups in total. The lowest BCUT2D eigenvalue weighted by atomic mass is 10.4. The average Bonchev–Trinajstić information content (AvgIpc) is 1.63. The zero-order chi connectivity index (χ0) is 7.28. The highest BCUT2D eigenvalue weighted by atomic mass is 16.5. The summed E-state index contributed by atoms with van der Waals surface area (Å²) in [7, 11) is 0. The van der Waals surface area contributed by atoms with Crippen molar-refractivity contribution in [3.8, 4) is 0 Å². The molecule has 0 aromatic carbocycles. The fraction of sp³-hybridized carbons (Fsp3) is 0.857. The van der Waals surface area contributed by atoms with Gasteiger partial charge in [-0.3, -0.25) is 4.99 Å². The van der Waals surface area contributed by atoms with Crippen LogP contribution in [0, 0.1) is 0 Å². The molecule has 0 aliphatic carbocycles. The minimum absolute atomic E-state index is 0.344. The van der Waals surface area contributed by atoms with Gasteiger partial charge in [-0.15, -0.1) is 0 Å². The van der Waals surface area contributed by atoms with Gasteiger partial charge in [-0.1, -0.05) is 0 Å². The van der Waals surface area contributed by atoms with Gasteiger partial charge < -0.3 is 4.74 Å². The van der Waals surface area contributed by atoms with E-state index >= 15 is 0 Å². The topological polar surface area (TPSA) is 21.6 Å². The quantitative estimate of drug-likeness (QED) is 0.412. The largest absolute Gasteiger partial charge is 0.481 e. The van der Waals surface area contributed by atoms with Crippen LogP contribution in [0.1, 0.15) is 27.7 Å². The number of rotatable bonds is 2. The summed E-state index contributed by atoms with van der Waals surface area (Å²) in [5.41, 5.74) is 0. The van der Waals surface area contributed by atoms with Gasteiger partial charge in [0.15, 0.2) is 5.90 Å². The Labute approximate surface area is 56.9 Å². The fourth-order valence-electron chi connectivity index (χ4n) is 0.610. The second-order valence-electron chi connectivity index (χ2n) is 2.17. The van der Waals surface area contributed by atoms with Crippen molar-refractivity contribution in [1.29, 1.82) is 0 Å². The Morgan fingerprint density at radius 2 is 2.11 bits per heavy atom. The van der Waals surface area contributed by atoms with E-state index in [-0.39, 0.29) is 0 Å². The lowest BCUT2D eigenvalue weighted by molar-refractivity contribution is 0.321. The van der Waals surface area contributed by atoms with Crippen LogP contribution in [-0.4, -0.2) is 18.5 Å². The first kappa shape index (κ1) is 8.47. The molecule has 0 bridgehead atoms. The predicted molar refractivity (Wildman–Crippen MR) is 39.9 cm³/mol. The van der Waals surface area contributed by atoms with Gasteiger partial charge in [0.25, 0.3) is 0 Å². The summed E-state index contributed by atoms with van der Waals surface area (Å²) in [5, 5.41) is 0. The maximum atomic E-state index is 5.10. The minimum Gasteiger partial charge on any atom is -0.481 e. The third kappa shape index (κ3) is 5.34. The monoisotopic (exact) mass is 129 g/mol.